The molecular formula is C21H25N3O3. The number of benzene rings is 1. The van der Waals surface area contributed by atoms with Gasteiger partial charge in [0.25, 0.3) is 0 Å². The Labute approximate surface area is 158 Å². The average molecular weight is 367 g/mol. The SMILES string of the molecule is O=C(O)c1cnn(C2CCN(C(=O)CC3CC(c4ccccc4)C3)CC2)c1. The van der Waals surface area contributed by atoms with Crippen LogP contribution in [0.3, 0.4) is 0 Å². The molecule has 142 valence electrons. The van der Waals surface area contributed by atoms with Crippen LogP contribution in [0.4, 0.5) is 0 Å². The summed E-state index contributed by atoms with van der Waals surface area (Å²) in [6.45, 7) is 1.45. The van der Waals surface area contributed by atoms with E-state index in [9.17, 15) is 9.59 Å². The third-order valence-electron chi connectivity index (χ3n) is 6.01. The molecule has 1 aliphatic heterocycles. The number of nitrogens with zero attached hydrogens (tertiary/aromatic N) is 3. The highest BCUT2D eigenvalue weighted by atomic mass is 16.4. The first-order valence-corrected chi connectivity index (χ1v) is 9.70. The van der Waals surface area contributed by atoms with E-state index in [-0.39, 0.29) is 17.5 Å². The van der Waals surface area contributed by atoms with Gasteiger partial charge in [0.05, 0.1) is 17.8 Å². The first-order chi connectivity index (χ1) is 13.1. The van der Waals surface area contributed by atoms with Gasteiger partial charge in [-0.05, 0) is 43.1 Å². The van der Waals surface area contributed by atoms with Crippen molar-refractivity contribution in [3.8, 4) is 0 Å². The Morgan fingerprint density at radius 1 is 1.11 bits per heavy atom. The van der Waals surface area contributed by atoms with E-state index in [1.807, 2.05) is 11.0 Å². The average Bonchev–Trinajstić information content (AvgIpc) is 3.15. The standard InChI is InChI=1S/C21H25N3O3/c25-20(12-15-10-17(11-15)16-4-2-1-3-5-16)23-8-6-19(7-9-23)24-14-18(13-22-24)21(26)27/h1-5,13-15,17,19H,6-12H2,(H,26,27). The zero-order valence-electron chi connectivity index (χ0n) is 15.3. The summed E-state index contributed by atoms with van der Waals surface area (Å²) in [5.74, 6) is 0.419. The van der Waals surface area contributed by atoms with Gasteiger partial charge in [0.15, 0.2) is 0 Å². The third kappa shape index (κ3) is 3.89. The van der Waals surface area contributed by atoms with Gasteiger partial charge in [-0.2, -0.15) is 5.10 Å². The number of likely N-dealkylation sites (tertiary alicyclic amines) is 1. The van der Waals surface area contributed by atoms with E-state index >= 15 is 0 Å². The van der Waals surface area contributed by atoms with Crippen molar-refractivity contribution in [2.75, 3.05) is 13.1 Å². The van der Waals surface area contributed by atoms with Crippen LogP contribution < -0.4 is 0 Å². The molecule has 0 unspecified atom stereocenters. The summed E-state index contributed by atoms with van der Waals surface area (Å²) in [4.78, 5) is 25.6. The normalized spacial score (nSPS) is 23.0. The number of rotatable bonds is 5. The molecule has 1 aliphatic carbocycles. The van der Waals surface area contributed by atoms with Gasteiger partial charge in [0, 0.05) is 25.7 Å². The molecule has 2 fully saturated rings. The van der Waals surface area contributed by atoms with Crippen LogP contribution in [0.15, 0.2) is 42.7 Å². The molecule has 1 aromatic carbocycles. The van der Waals surface area contributed by atoms with Gasteiger partial charge in [-0.25, -0.2) is 4.79 Å². The number of hydrogen-bond donors (Lipinski definition) is 1. The highest BCUT2D eigenvalue weighted by Crippen LogP contribution is 2.43. The first-order valence-electron chi connectivity index (χ1n) is 9.70. The highest BCUT2D eigenvalue weighted by Gasteiger charge is 2.33. The monoisotopic (exact) mass is 367 g/mol. The van der Waals surface area contributed by atoms with Crippen molar-refractivity contribution >= 4 is 11.9 Å². The predicted octanol–water partition coefficient (Wildman–Crippen LogP) is 3.33. The Balaban J connectivity index is 1.23. The fourth-order valence-electron chi connectivity index (χ4n) is 4.30. The fourth-order valence-corrected chi connectivity index (χ4v) is 4.30. The molecule has 0 radical (unpaired) electrons. The molecule has 2 heterocycles. The quantitative estimate of drug-likeness (QED) is 0.879. The van der Waals surface area contributed by atoms with Gasteiger partial charge in [-0.1, -0.05) is 30.3 Å². The number of amides is 1. The largest absolute Gasteiger partial charge is 0.478 e. The van der Waals surface area contributed by atoms with Crippen LogP contribution in [-0.4, -0.2) is 44.8 Å². The molecule has 1 saturated heterocycles. The number of aromatic carboxylic acids is 1. The second kappa shape index (κ2) is 7.55. The summed E-state index contributed by atoms with van der Waals surface area (Å²) in [5.41, 5.74) is 1.61. The van der Waals surface area contributed by atoms with Gasteiger partial charge in [-0.3, -0.25) is 9.48 Å². The molecule has 1 aromatic heterocycles. The molecule has 1 N–H and O–H groups in total. The molecule has 27 heavy (non-hydrogen) atoms. The third-order valence-corrected chi connectivity index (χ3v) is 6.01. The smallest absolute Gasteiger partial charge is 0.338 e. The van der Waals surface area contributed by atoms with Crippen molar-refractivity contribution < 1.29 is 14.7 Å². The zero-order chi connectivity index (χ0) is 18.8. The number of aromatic nitrogens is 2. The number of carboxylic acid groups (broad SMARTS) is 1. The summed E-state index contributed by atoms with van der Waals surface area (Å²) < 4.78 is 1.74. The Hall–Kier alpha value is -2.63. The van der Waals surface area contributed by atoms with Crippen molar-refractivity contribution in [1.29, 1.82) is 0 Å². The minimum Gasteiger partial charge on any atom is -0.478 e. The van der Waals surface area contributed by atoms with Gasteiger partial charge in [0.1, 0.15) is 0 Å². The zero-order valence-corrected chi connectivity index (χ0v) is 15.3. The summed E-state index contributed by atoms with van der Waals surface area (Å²) >= 11 is 0. The lowest BCUT2D eigenvalue weighted by Gasteiger charge is -2.38. The molecule has 0 spiro atoms. The lowest BCUT2D eigenvalue weighted by atomic mass is 9.70. The Morgan fingerprint density at radius 2 is 1.81 bits per heavy atom. The van der Waals surface area contributed by atoms with Crippen LogP contribution in [0.2, 0.25) is 0 Å². The molecule has 1 amide bonds. The molecule has 6 nitrogen and oxygen atoms in total. The van der Waals surface area contributed by atoms with E-state index in [4.69, 9.17) is 5.11 Å². The van der Waals surface area contributed by atoms with Crippen molar-refractivity contribution in [2.24, 2.45) is 5.92 Å². The number of carbonyl (C=O) groups is 2. The maximum Gasteiger partial charge on any atom is 0.338 e. The minimum absolute atomic E-state index is 0.174. The summed E-state index contributed by atoms with van der Waals surface area (Å²) in [6.07, 6.45) is 7.49. The van der Waals surface area contributed by atoms with E-state index in [0.29, 0.717) is 18.3 Å². The highest BCUT2D eigenvalue weighted by molar-refractivity contribution is 5.86. The molecular weight excluding hydrogens is 342 g/mol. The van der Waals surface area contributed by atoms with Gasteiger partial charge in [0.2, 0.25) is 5.91 Å². The van der Waals surface area contributed by atoms with Crippen molar-refractivity contribution in [3.05, 3.63) is 53.9 Å². The van der Waals surface area contributed by atoms with E-state index < -0.39 is 5.97 Å². The molecule has 0 atom stereocenters. The number of hydrogen-bond acceptors (Lipinski definition) is 3. The summed E-state index contributed by atoms with van der Waals surface area (Å²) in [7, 11) is 0. The van der Waals surface area contributed by atoms with Crippen LogP contribution in [-0.2, 0) is 4.79 Å². The lowest BCUT2D eigenvalue weighted by Crippen LogP contribution is -2.40. The lowest BCUT2D eigenvalue weighted by molar-refractivity contribution is -0.134. The minimum atomic E-state index is -0.955. The molecule has 1 saturated carbocycles. The van der Waals surface area contributed by atoms with E-state index in [1.165, 1.54) is 11.8 Å². The molecule has 0 bridgehead atoms. The summed E-state index contributed by atoms with van der Waals surface area (Å²) in [5, 5.41) is 13.2. The fraction of sp³-hybridized carbons (Fsp3) is 0.476. The Morgan fingerprint density at radius 3 is 2.44 bits per heavy atom. The van der Waals surface area contributed by atoms with Crippen molar-refractivity contribution in [1.82, 2.24) is 14.7 Å². The topological polar surface area (TPSA) is 75.4 Å². The van der Waals surface area contributed by atoms with Crippen LogP contribution in [0.25, 0.3) is 0 Å². The van der Waals surface area contributed by atoms with E-state index in [2.05, 4.69) is 29.4 Å². The van der Waals surface area contributed by atoms with Crippen LogP contribution in [0, 0.1) is 5.92 Å². The molecule has 2 aromatic rings. The van der Waals surface area contributed by atoms with Crippen LogP contribution in [0.5, 0.6) is 0 Å². The number of carboxylic acids is 1. The van der Waals surface area contributed by atoms with Gasteiger partial charge >= 0.3 is 5.97 Å². The summed E-state index contributed by atoms with van der Waals surface area (Å²) in [6, 6.07) is 10.7. The van der Waals surface area contributed by atoms with E-state index in [0.717, 1.165) is 38.8 Å². The first kappa shape index (κ1) is 17.8. The van der Waals surface area contributed by atoms with Crippen molar-refractivity contribution in [2.45, 2.75) is 44.1 Å². The van der Waals surface area contributed by atoms with Crippen LogP contribution in [0.1, 0.15) is 60.0 Å². The van der Waals surface area contributed by atoms with Gasteiger partial charge in [-0.15, -0.1) is 0 Å². The molecule has 4 rings (SSSR count). The number of piperidine rings is 1. The predicted molar refractivity (Wildman–Crippen MR) is 101 cm³/mol. The second-order valence-electron chi connectivity index (χ2n) is 7.78. The van der Waals surface area contributed by atoms with Gasteiger partial charge < -0.3 is 10.0 Å². The van der Waals surface area contributed by atoms with E-state index in [1.54, 1.807) is 10.9 Å². The maximum absolute atomic E-state index is 12.6. The number of carbonyl (C=O) groups excluding carboxylic acids is 1. The molecule has 2 aliphatic rings. The second-order valence-corrected chi connectivity index (χ2v) is 7.78. The Kier molecular flexibility index (Phi) is 4.97. The van der Waals surface area contributed by atoms with Crippen LogP contribution >= 0.6 is 0 Å². The van der Waals surface area contributed by atoms with Crippen molar-refractivity contribution in [3.63, 3.8) is 0 Å². The maximum atomic E-state index is 12.6. The Bertz CT molecular complexity index is 803. The molecule has 6 heteroatoms.